The normalized spacial score (nSPS) is 10.1. The number of aromatic nitrogens is 2. The van der Waals surface area contributed by atoms with Crippen LogP contribution in [0.2, 0.25) is 0 Å². The van der Waals surface area contributed by atoms with Crippen molar-refractivity contribution in [3.8, 4) is 12.3 Å². The van der Waals surface area contributed by atoms with Crippen LogP contribution in [0.3, 0.4) is 0 Å². The number of rotatable bonds is 2. The lowest BCUT2D eigenvalue weighted by molar-refractivity contribution is -0.384. The maximum absolute atomic E-state index is 10.5. The average molecular weight is 201 g/mol. The molecule has 74 valence electrons. The molecule has 0 radical (unpaired) electrons. The number of nitro groups is 1. The minimum atomic E-state index is -0.433. The Kier molecular flexibility index (Phi) is 2.10. The molecule has 5 nitrogen and oxygen atoms in total. The molecule has 0 N–H and O–H groups in total. The molecule has 15 heavy (non-hydrogen) atoms. The highest BCUT2D eigenvalue weighted by Crippen LogP contribution is 2.20. The van der Waals surface area contributed by atoms with Crippen LogP contribution in [-0.2, 0) is 6.54 Å². The number of nitrogens with zero attached hydrogens (tertiary/aromatic N) is 3. The zero-order valence-electron chi connectivity index (χ0n) is 7.75. The maximum atomic E-state index is 10.5. The van der Waals surface area contributed by atoms with Crippen molar-refractivity contribution in [3.05, 3.63) is 34.5 Å². The van der Waals surface area contributed by atoms with Gasteiger partial charge in [0.05, 0.1) is 16.6 Å². The molecule has 0 atom stereocenters. The second-order valence-electron chi connectivity index (χ2n) is 3.01. The predicted octanol–water partition coefficient (Wildman–Crippen LogP) is 1.58. The van der Waals surface area contributed by atoms with Crippen LogP contribution in [0.5, 0.6) is 0 Å². The molecule has 1 heterocycles. The van der Waals surface area contributed by atoms with E-state index < -0.39 is 4.92 Å². The Bertz CT molecular complexity index is 566. The molecule has 2 rings (SSSR count). The van der Waals surface area contributed by atoms with E-state index in [1.165, 1.54) is 12.1 Å². The van der Waals surface area contributed by atoms with Crippen molar-refractivity contribution >= 4 is 16.6 Å². The van der Waals surface area contributed by atoms with Crippen molar-refractivity contribution in [3.63, 3.8) is 0 Å². The zero-order valence-corrected chi connectivity index (χ0v) is 7.75. The summed E-state index contributed by atoms with van der Waals surface area (Å²) in [6.07, 6.45) is 6.74. The Morgan fingerprint density at radius 3 is 3.07 bits per heavy atom. The van der Waals surface area contributed by atoms with Gasteiger partial charge in [0.15, 0.2) is 0 Å². The van der Waals surface area contributed by atoms with Gasteiger partial charge in [-0.25, -0.2) is 0 Å². The van der Waals surface area contributed by atoms with Crippen molar-refractivity contribution in [2.45, 2.75) is 6.54 Å². The molecule has 0 spiro atoms. The van der Waals surface area contributed by atoms with E-state index in [0.717, 1.165) is 10.9 Å². The van der Waals surface area contributed by atoms with Crippen molar-refractivity contribution < 1.29 is 4.92 Å². The van der Waals surface area contributed by atoms with Gasteiger partial charge >= 0.3 is 0 Å². The molecule has 0 aliphatic heterocycles. The van der Waals surface area contributed by atoms with Gasteiger partial charge in [-0.2, -0.15) is 5.10 Å². The molecule has 0 aliphatic rings. The van der Waals surface area contributed by atoms with E-state index in [-0.39, 0.29) is 5.69 Å². The highest BCUT2D eigenvalue weighted by atomic mass is 16.6. The molecule has 0 bridgehead atoms. The Hall–Kier alpha value is -2.35. The summed E-state index contributed by atoms with van der Waals surface area (Å²) < 4.78 is 1.62. The summed E-state index contributed by atoms with van der Waals surface area (Å²) in [4.78, 5) is 10.1. The maximum Gasteiger partial charge on any atom is 0.270 e. The first kappa shape index (κ1) is 9.21. The first-order valence-electron chi connectivity index (χ1n) is 4.26. The van der Waals surface area contributed by atoms with E-state index in [0.29, 0.717) is 6.54 Å². The summed E-state index contributed by atoms with van der Waals surface area (Å²) in [5.41, 5.74) is 0.862. The van der Waals surface area contributed by atoms with Crippen LogP contribution in [0, 0.1) is 22.5 Å². The van der Waals surface area contributed by atoms with Crippen LogP contribution >= 0.6 is 0 Å². The minimum absolute atomic E-state index is 0.0581. The number of hydrogen-bond acceptors (Lipinski definition) is 3. The van der Waals surface area contributed by atoms with E-state index in [1.54, 1.807) is 16.9 Å². The van der Waals surface area contributed by atoms with Crippen LogP contribution in [0.1, 0.15) is 0 Å². The van der Waals surface area contributed by atoms with Crippen LogP contribution in [0.15, 0.2) is 24.4 Å². The second-order valence-corrected chi connectivity index (χ2v) is 3.01. The predicted molar refractivity (Wildman–Crippen MR) is 55.2 cm³/mol. The largest absolute Gasteiger partial charge is 0.270 e. The molecule has 0 unspecified atom stereocenters. The molecule has 1 aromatic heterocycles. The third kappa shape index (κ3) is 1.53. The number of benzene rings is 1. The van der Waals surface area contributed by atoms with E-state index in [4.69, 9.17) is 6.42 Å². The molecule has 0 saturated carbocycles. The molecule has 0 amide bonds. The average Bonchev–Trinajstić information content (AvgIpc) is 2.61. The van der Waals surface area contributed by atoms with E-state index in [1.807, 2.05) is 0 Å². The van der Waals surface area contributed by atoms with Crippen molar-refractivity contribution in [1.29, 1.82) is 0 Å². The van der Waals surface area contributed by atoms with Gasteiger partial charge in [0.25, 0.3) is 5.69 Å². The molecule has 5 heteroatoms. The summed E-state index contributed by atoms with van der Waals surface area (Å²) >= 11 is 0. The van der Waals surface area contributed by atoms with E-state index in [2.05, 4.69) is 11.0 Å². The molecule has 2 aromatic rings. The summed E-state index contributed by atoms with van der Waals surface area (Å²) in [6, 6.07) is 4.57. The molecule has 0 saturated heterocycles. The molecular weight excluding hydrogens is 194 g/mol. The smallest absolute Gasteiger partial charge is 0.258 e. The van der Waals surface area contributed by atoms with Crippen molar-refractivity contribution in [2.24, 2.45) is 0 Å². The number of hydrogen-bond donors (Lipinski definition) is 0. The number of non-ortho nitro benzene ring substituents is 1. The topological polar surface area (TPSA) is 61.0 Å². The Morgan fingerprint density at radius 2 is 2.40 bits per heavy atom. The van der Waals surface area contributed by atoms with Crippen LogP contribution in [0.4, 0.5) is 5.69 Å². The third-order valence-electron chi connectivity index (χ3n) is 2.08. The van der Waals surface area contributed by atoms with Gasteiger partial charge in [0, 0.05) is 17.5 Å². The summed E-state index contributed by atoms with van der Waals surface area (Å²) in [7, 11) is 0. The zero-order chi connectivity index (χ0) is 10.8. The van der Waals surface area contributed by atoms with E-state index in [9.17, 15) is 10.1 Å². The number of terminal acetylenes is 1. The van der Waals surface area contributed by atoms with Crippen molar-refractivity contribution in [2.75, 3.05) is 0 Å². The second kappa shape index (κ2) is 3.42. The van der Waals surface area contributed by atoms with E-state index >= 15 is 0 Å². The Morgan fingerprint density at radius 1 is 1.60 bits per heavy atom. The Balaban J connectivity index is 2.57. The Labute approximate surface area is 85.5 Å². The standard InChI is InChI=1S/C10H7N3O2/c1-2-5-12-10-4-3-9(13(14)15)6-8(10)7-11-12/h1,3-4,6-7H,5H2. The lowest BCUT2D eigenvalue weighted by Crippen LogP contribution is -1.96. The quantitative estimate of drug-likeness (QED) is 0.421. The highest BCUT2D eigenvalue weighted by molar-refractivity contribution is 5.81. The fourth-order valence-electron chi connectivity index (χ4n) is 1.40. The first-order chi connectivity index (χ1) is 7.22. The van der Waals surface area contributed by atoms with Crippen LogP contribution in [-0.4, -0.2) is 14.7 Å². The van der Waals surface area contributed by atoms with Gasteiger partial charge in [0.1, 0.15) is 6.54 Å². The van der Waals surface area contributed by atoms with Crippen molar-refractivity contribution in [1.82, 2.24) is 9.78 Å². The van der Waals surface area contributed by atoms with Gasteiger partial charge in [-0.05, 0) is 6.07 Å². The van der Waals surface area contributed by atoms with Gasteiger partial charge in [-0.15, -0.1) is 6.42 Å². The molecule has 0 fully saturated rings. The molecular formula is C10H7N3O2. The molecule has 1 aromatic carbocycles. The minimum Gasteiger partial charge on any atom is -0.258 e. The monoisotopic (exact) mass is 201 g/mol. The third-order valence-corrected chi connectivity index (χ3v) is 2.08. The van der Waals surface area contributed by atoms with Gasteiger partial charge in [0.2, 0.25) is 0 Å². The SMILES string of the molecule is C#CCn1ncc2cc([N+](=O)[O-])ccc21. The fourth-order valence-corrected chi connectivity index (χ4v) is 1.40. The van der Waals surface area contributed by atoms with Gasteiger partial charge in [-0.3, -0.25) is 14.8 Å². The number of fused-ring (bicyclic) bond motifs is 1. The number of nitro benzene ring substituents is 1. The van der Waals surface area contributed by atoms with Gasteiger partial charge < -0.3 is 0 Å². The lowest BCUT2D eigenvalue weighted by atomic mass is 10.2. The first-order valence-corrected chi connectivity index (χ1v) is 4.26. The summed E-state index contributed by atoms with van der Waals surface area (Å²) in [6.45, 7) is 0.362. The molecule has 0 aliphatic carbocycles. The summed E-state index contributed by atoms with van der Waals surface area (Å²) in [5.74, 6) is 2.47. The van der Waals surface area contributed by atoms with Crippen LogP contribution in [0.25, 0.3) is 10.9 Å². The van der Waals surface area contributed by atoms with Gasteiger partial charge in [-0.1, -0.05) is 5.92 Å². The lowest BCUT2D eigenvalue weighted by Gasteiger charge is -1.96. The fraction of sp³-hybridized carbons (Fsp3) is 0.100. The summed E-state index contributed by atoms with van der Waals surface area (Å²) in [5, 5.41) is 15.3. The van der Waals surface area contributed by atoms with Crippen LogP contribution < -0.4 is 0 Å². The highest BCUT2D eigenvalue weighted by Gasteiger charge is 2.08.